The Morgan fingerprint density at radius 1 is 1.17 bits per heavy atom. The molecule has 2 rings (SSSR count). The van der Waals surface area contributed by atoms with Gasteiger partial charge in [-0.2, -0.15) is 0 Å². The lowest BCUT2D eigenvalue weighted by Crippen LogP contribution is -2.39. The first-order valence-electron chi connectivity index (χ1n) is 8.06. The molecule has 0 saturated carbocycles. The average Bonchev–Trinajstić information content (AvgIpc) is 2.58. The Labute approximate surface area is 143 Å². The largest absolute Gasteiger partial charge is 0.363 e. The third-order valence-corrected chi connectivity index (χ3v) is 3.64. The van der Waals surface area contributed by atoms with Gasteiger partial charge in [-0.05, 0) is 30.2 Å². The quantitative estimate of drug-likeness (QED) is 0.856. The molecule has 0 aliphatic rings. The highest BCUT2D eigenvalue weighted by molar-refractivity contribution is 5.74. The number of anilines is 1. The van der Waals surface area contributed by atoms with Crippen molar-refractivity contribution in [2.75, 3.05) is 19.0 Å². The van der Waals surface area contributed by atoms with E-state index in [0.717, 1.165) is 17.2 Å². The van der Waals surface area contributed by atoms with Crippen LogP contribution in [0.5, 0.6) is 0 Å². The molecule has 2 aromatic rings. The van der Waals surface area contributed by atoms with Crippen molar-refractivity contribution in [3.63, 3.8) is 0 Å². The van der Waals surface area contributed by atoms with Crippen LogP contribution in [0.25, 0.3) is 0 Å². The van der Waals surface area contributed by atoms with E-state index in [1.807, 2.05) is 55.4 Å². The Balaban J connectivity index is 1.95. The average molecular weight is 327 g/mol. The van der Waals surface area contributed by atoms with Gasteiger partial charge in [0.2, 0.25) is 0 Å². The second-order valence-corrected chi connectivity index (χ2v) is 6.18. The van der Waals surface area contributed by atoms with Crippen molar-refractivity contribution in [3.05, 3.63) is 54.0 Å². The number of nitrogens with zero attached hydrogens (tertiary/aromatic N) is 3. The summed E-state index contributed by atoms with van der Waals surface area (Å²) in [5.41, 5.74) is 1.67. The van der Waals surface area contributed by atoms with Gasteiger partial charge in [-0.1, -0.05) is 26.0 Å². The SMILES string of the molecule is CC(C)[C@@H](NC(=O)NCc1cccc(N(C)C)n1)c1ccccn1. The molecule has 1 atom stereocenters. The third-order valence-electron chi connectivity index (χ3n) is 3.64. The topological polar surface area (TPSA) is 70.2 Å². The van der Waals surface area contributed by atoms with Gasteiger partial charge in [0.25, 0.3) is 0 Å². The molecule has 0 saturated heterocycles. The number of nitrogens with one attached hydrogen (secondary N) is 2. The van der Waals surface area contributed by atoms with Crippen LogP contribution in [0, 0.1) is 5.92 Å². The van der Waals surface area contributed by atoms with Crippen molar-refractivity contribution in [2.24, 2.45) is 5.92 Å². The highest BCUT2D eigenvalue weighted by atomic mass is 16.2. The molecule has 0 aliphatic heterocycles. The summed E-state index contributed by atoms with van der Waals surface area (Å²) in [6, 6.07) is 11.1. The van der Waals surface area contributed by atoms with Crippen LogP contribution in [0.4, 0.5) is 10.6 Å². The highest BCUT2D eigenvalue weighted by Crippen LogP contribution is 2.19. The van der Waals surface area contributed by atoms with Gasteiger partial charge in [0.1, 0.15) is 5.82 Å². The first kappa shape index (κ1) is 17.7. The van der Waals surface area contributed by atoms with Gasteiger partial charge in [-0.25, -0.2) is 9.78 Å². The van der Waals surface area contributed by atoms with E-state index in [1.54, 1.807) is 6.20 Å². The minimum absolute atomic E-state index is 0.132. The van der Waals surface area contributed by atoms with Gasteiger partial charge in [-0.3, -0.25) is 4.98 Å². The van der Waals surface area contributed by atoms with Crippen molar-refractivity contribution in [3.8, 4) is 0 Å². The van der Waals surface area contributed by atoms with E-state index in [1.165, 1.54) is 0 Å². The number of aromatic nitrogens is 2. The Hall–Kier alpha value is -2.63. The zero-order valence-electron chi connectivity index (χ0n) is 14.7. The van der Waals surface area contributed by atoms with Gasteiger partial charge in [0.05, 0.1) is 24.0 Å². The molecule has 6 heteroatoms. The van der Waals surface area contributed by atoms with Crippen LogP contribution >= 0.6 is 0 Å². The maximum absolute atomic E-state index is 12.2. The minimum Gasteiger partial charge on any atom is -0.363 e. The van der Waals surface area contributed by atoms with E-state index in [2.05, 4.69) is 34.4 Å². The Kier molecular flexibility index (Phi) is 6.12. The van der Waals surface area contributed by atoms with Crippen molar-refractivity contribution in [1.82, 2.24) is 20.6 Å². The number of carbonyl (C=O) groups is 1. The predicted molar refractivity (Wildman–Crippen MR) is 95.8 cm³/mol. The van der Waals surface area contributed by atoms with Crippen LogP contribution in [0.2, 0.25) is 0 Å². The molecular weight excluding hydrogens is 302 g/mol. The summed E-state index contributed by atoms with van der Waals surface area (Å²) in [5, 5.41) is 5.85. The smallest absolute Gasteiger partial charge is 0.315 e. The fourth-order valence-corrected chi connectivity index (χ4v) is 2.32. The molecule has 6 nitrogen and oxygen atoms in total. The monoisotopic (exact) mass is 327 g/mol. The summed E-state index contributed by atoms with van der Waals surface area (Å²) < 4.78 is 0. The van der Waals surface area contributed by atoms with E-state index >= 15 is 0 Å². The highest BCUT2D eigenvalue weighted by Gasteiger charge is 2.19. The summed E-state index contributed by atoms with van der Waals surface area (Å²) in [5.74, 6) is 1.10. The maximum Gasteiger partial charge on any atom is 0.315 e. The summed E-state index contributed by atoms with van der Waals surface area (Å²) in [6.07, 6.45) is 1.74. The molecule has 0 aliphatic carbocycles. The zero-order chi connectivity index (χ0) is 17.5. The van der Waals surface area contributed by atoms with Crippen molar-refractivity contribution in [1.29, 1.82) is 0 Å². The molecule has 2 amide bonds. The second-order valence-electron chi connectivity index (χ2n) is 6.18. The molecule has 0 aromatic carbocycles. The zero-order valence-corrected chi connectivity index (χ0v) is 14.7. The minimum atomic E-state index is -0.226. The number of urea groups is 1. The van der Waals surface area contributed by atoms with Gasteiger partial charge in [0, 0.05) is 20.3 Å². The summed E-state index contributed by atoms with van der Waals surface area (Å²) in [6.45, 7) is 4.49. The lowest BCUT2D eigenvalue weighted by molar-refractivity contribution is 0.232. The van der Waals surface area contributed by atoms with E-state index in [9.17, 15) is 4.79 Å². The van der Waals surface area contributed by atoms with E-state index in [0.29, 0.717) is 6.54 Å². The first-order valence-corrected chi connectivity index (χ1v) is 8.06. The van der Waals surface area contributed by atoms with Crippen LogP contribution in [0.3, 0.4) is 0 Å². The number of hydrogen-bond donors (Lipinski definition) is 2. The Bertz CT molecular complexity index is 657. The molecule has 2 heterocycles. The number of rotatable bonds is 6. The molecule has 2 N–H and O–H groups in total. The summed E-state index contributed by atoms with van der Waals surface area (Å²) in [4.78, 5) is 23.0. The fourth-order valence-electron chi connectivity index (χ4n) is 2.32. The van der Waals surface area contributed by atoms with Gasteiger partial charge in [-0.15, -0.1) is 0 Å². The number of hydrogen-bond acceptors (Lipinski definition) is 4. The van der Waals surface area contributed by atoms with Gasteiger partial charge >= 0.3 is 6.03 Å². The lowest BCUT2D eigenvalue weighted by Gasteiger charge is -2.22. The number of carbonyl (C=O) groups excluding carboxylic acids is 1. The number of amides is 2. The third kappa shape index (κ3) is 4.94. The predicted octanol–water partition coefficient (Wildman–Crippen LogP) is 2.74. The molecule has 0 fully saturated rings. The van der Waals surface area contributed by atoms with Crippen LogP contribution in [-0.2, 0) is 6.54 Å². The Morgan fingerprint density at radius 2 is 1.96 bits per heavy atom. The van der Waals surface area contributed by atoms with Crippen molar-refractivity contribution in [2.45, 2.75) is 26.4 Å². The van der Waals surface area contributed by atoms with Gasteiger partial charge in [0.15, 0.2) is 0 Å². The van der Waals surface area contributed by atoms with Crippen LogP contribution < -0.4 is 15.5 Å². The standard InChI is InChI=1S/C18H25N5O/c1-13(2)17(15-9-5-6-11-19-15)22-18(24)20-12-14-8-7-10-16(21-14)23(3)4/h5-11,13,17H,12H2,1-4H3,(H2,20,22,24)/t17-/m1/s1. The maximum atomic E-state index is 12.2. The first-order chi connectivity index (χ1) is 11.5. The summed E-state index contributed by atoms with van der Waals surface area (Å²) in [7, 11) is 3.87. The molecule has 0 radical (unpaired) electrons. The lowest BCUT2D eigenvalue weighted by atomic mass is 10.0. The summed E-state index contributed by atoms with van der Waals surface area (Å²) >= 11 is 0. The van der Waals surface area contributed by atoms with E-state index in [4.69, 9.17) is 0 Å². The van der Waals surface area contributed by atoms with E-state index in [-0.39, 0.29) is 18.0 Å². The van der Waals surface area contributed by atoms with Crippen LogP contribution in [-0.4, -0.2) is 30.1 Å². The number of pyridine rings is 2. The second kappa shape index (κ2) is 8.29. The molecule has 0 spiro atoms. The normalized spacial score (nSPS) is 11.9. The molecule has 128 valence electrons. The van der Waals surface area contributed by atoms with E-state index < -0.39 is 0 Å². The fraction of sp³-hybridized carbons (Fsp3) is 0.389. The van der Waals surface area contributed by atoms with Crippen molar-refractivity contribution < 1.29 is 4.79 Å². The Morgan fingerprint density at radius 3 is 2.58 bits per heavy atom. The van der Waals surface area contributed by atoms with Gasteiger partial charge < -0.3 is 15.5 Å². The molecular formula is C18H25N5O. The van der Waals surface area contributed by atoms with Crippen molar-refractivity contribution >= 4 is 11.8 Å². The molecule has 24 heavy (non-hydrogen) atoms. The molecule has 0 bridgehead atoms. The molecule has 0 unspecified atom stereocenters. The molecule has 2 aromatic heterocycles. The van der Waals surface area contributed by atoms with Crippen LogP contribution in [0.15, 0.2) is 42.6 Å². The van der Waals surface area contributed by atoms with Crippen LogP contribution in [0.1, 0.15) is 31.3 Å².